The number of carbonyl (C=O) groups is 3. The molecule has 1 unspecified atom stereocenters. The van der Waals surface area contributed by atoms with Gasteiger partial charge in [0, 0.05) is 29.9 Å². The molecule has 2 aromatic carbocycles. The van der Waals surface area contributed by atoms with Crippen LogP contribution in [-0.4, -0.2) is 46.9 Å². The number of aromatic nitrogens is 1. The van der Waals surface area contributed by atoms with Gasteiger partial charge in [0.25, 0.3) is 5.91 Å². The molecule has 1 saturated heterocycles. The van der Waals surface area contributed by atoms with E-state index in [1.165, 1.54) is 0 Å². The Morgan fingerprint density at radius 2 is 1.72 bits per heavy atom. The number of nitrogens with one attached hydrogen (secondary N) is 1. The third kappa shape index (κ3) is 4.12. The number of carbonyl (C=O) groups excluding carboxylic acids is 3. The third-order valence-electron chi connectivity index (χ3n) is 6.96. The molecule has 0 saturated carbocycles. The Bertz CT molecular complexity index is 1350. The van der Waals surface area contributed by atoms with E-state index < -0.39 is 17.5 Å². The van der Waals surface area contributed by atoms with Crippen LogP contribution in [0, 0.1) is 13.8 Å². The molecule has 36 heavy (non-hydrogen) atoms. The maximum absolute atomic E-state index is 13.5. The van der Waals surface area contributed by atoms with E-state index in [-0.39, 0.29) is 12.3 Å². The summed E-state index contributed by atoms with van der Waals surface area (Å²) in [6, 6.07) is 16.4. The average Bonchev–Trinajstić information content (AvgIpc) is 3.14. The highest BCUT2D eigenvalue weighted by molar-refractivity contribution is 6.11. The molecule has 3 aromatic rings. The topological polar surface area (TPSA) is 89.9 Å². The minimum atomic E-state index is -1.31. The maximum atomic E-state index is 13.5. The number of fused-ring (bicyclic) bond motifs is 1. The lowest BCUT2D eigenvalue weighted by Crippen LogP contribution is -2.41. The molecule has 0 radical (unpaired) electrons. The fourth-order valence-electron chi connectivity index (χ4n) is 4.83. The van der Waals surface area contributed by atoms with Crippen LogP contribution in [0.2, 0.25) is 0 Å². The summed E-state index contributed by atoms with van der Waals surface area (Å²) >= 11 is 0. The highest BCUT2D eigenvalue weighted by atomic mass is 16.5. The van der Waals surface area contributed by atoms with Gasteiger partial charge in [-0.25, -0.2) is 4.79 Å². The van der Waals surface area contributed by atoms with Gasteiger partial charge in [-0.3, -0.25) is 14.5 Å². The summed E-state index contributed by atoms with van der Waals surface area (Å²) in [5.41, 5.74) is 2.63. The van der Waals surface area contributed by atoms with Crippen LogP contribution in [0.15, 0.2) is 54.6 Å². The van der Waals surface area contributed by atoms with Crippen molar-refractivity contribution < 1.29 is 23.9 Å². The largest absolute Gasteiger partial charge is 0.490 e. The second-order valence-corrected chi connectivity index (χ2v) is 9.44. The lowest BCUT2D eigenvalue weighted by Gasteiger charge is -2.23. The smallest absolute Gasteiger partial charge is 0.325 e. The van der Waals surface area contributed by atoms with Crippen LogP contribution in [0.4, 0.5) is 4.79 Å². The number of nitrogens with zero attached hydrogens (tertiary/aromatic N) is 2. The van der Waals surface area contributed by atoms with E-state index >= 15 is 0 Å². The van der Waals surface area contributed by atoms with Crippen molar-refractivity contribution in [1.82, 2.24) is 14.8 Å². The summed E-state index contributed by atoms with van der Waals surface area (Å²) in [6.45, 7) is 6.84. The summed E-state index contributed by atoms with van der Waals surface area (Å²) < 4.78 is 13.5. The van der Waals surface area contributed by atoms with Crippen LogP contribution < -0.4 is 14.8 Å². The van der Waals surface area contributed by atoms with Crippen molar-refractivity contribution >= 4 is 17.7 Å². The van der Waals surface area contributed by atoms with Crippen LogP contribution >= 0.6 is 0 Å². The number of aryl methyl sites for hydroxylation is 1. The van der Waals surface area contributed by atoms with Crippen LogP contribution in [-0.2, 0) is 16.9 Å². The SMILES string of the molecule is Cc1cc(C(=O)CN2C(=O)NC(C)(c3ccc4c(c3)OCCCO4)C2=O)c(C)n1Cc1ccccc1. The van der Waals surface area contributed by atoms with Crippen molar-refractivity contribution in [2.45, 2.75) is 39.3 Å². The number of hydrogen-bond acceptors (Lipinski definition) is 5. The van der Waals surface area contributed by atoms with Crippen LogP contribution in [0.1, 0.15) is 46.2 Å². The van der Waals surface area contributed by atoms with Crippen molar-refractivity contribution in [3.05, 3.63) is 82.7 Å². The Morgan fingerprint density at radius 3 is 2.47 bits per heavy atom. The number of rotatable bonds is 6. The molecule has 8 nitrogen and oxygen atoms in total. The summed E-state index contributed by atoms with van der Waals surface area (Å²) in [5, 5.41) is 2.77. The number of imide groups is 1. The first-order valence-electron chi connectivity index (χ1n) is 12.1. The molecule has 2 aliphatic heterocycles. The molecule has 1 atom stereocenters. The summed E-state index contributed by atoms with van der Waals surface area (Å²) in [4.78, 5) is 40.6. The second-order valence-electron chi connectivity index (χ2n) is 9.44. The van der Waals surface area contributed by atoms with Gasteiger partial charge in [0.1, 0.15) is 5.54 Å². The van der Waals surface area contributed by atoms with E-state index in [2.05, 4.69) is 9.88 Å². The van der Waals surface area contributed by atoms with Gasteiger partial charge in [0.05, 0.1) is 19.8 Å². The Kier molecular flexibility index (Phi) is 6.04. The Morgan fingerprint density at radius 1 is 1.00 bits per heavy atom. The van der Waals surface area contributed by atoms with Crippen molar-refractivity contribution in [3.63, 3.8) is 0 Å². The summed E-state index contributed by atoms with van der Waals surface area (Å²) in [5.74, 6) is 0.380. The zero-order valence-corrected chi connectivity index (χ0v) is 20.7. The maximum Gasteiger partial charge on any atom is 0.325 e. The van der Waals surface area contributed by atoms with Gasteiger partial charge in [-0.1, -0.05) is 36.4 Å². The first-order chi connectivity index (χ1) is 17.3. The Hall–Kier alpha value is -4.07. The highest BCUT2D eigenvalue weighted by Gasteiger charge is 2.50. The number of hydrogen-bond donors (Lipinski definition) is 1. The average molecular weight is 488 g/mol. The quantitative estimate of drug-likeness (QED) is 0.420. The standard InChI is InChI=1S/C28H29N3O5/c1-18-14-22(19(2)30(18)16-20-8-5-4-6-9-20)23(32)17-31-26(33)28(3,29-27(31)34)21-10-11-24-25(15-21)36-13-7-12-35-24/h4-6,8-11,14-15H,7,12-13,16-17H2,1-3H3,(H,29,34). The number of urea groups is 1. The molecule has 1 aromatic heterocycles. The summed E-state index contributed by atoms with van der Waals surface area (Å²) in [7, 11) is 0. The molecule has 0 bridgehead atoms. The molecular formula is C28H29N3O5. The number of amides is 3. The van der Waals surface area contributed by atoms with Gasteiger partial charge in [-0.05, 0) is 50.1 Å². The molecule has 0 aliphatic carbocycles. The van der Waals surface area contributed by atoms with E-state index in [4.69, 9.17) is 9.47 Å². The number of Topliss-reactive ketones (excluding diaryl/α,β-unsaturated/α-hetero) is 1. The Balaban J connectivity index is 1.36. The fourth-order valence-corrected chi connectivity index (χ4v) is 4.83. The van der Waals surface area contributed by atoms with Crippen molar-refractivity contribution in [3.8, 4) is 11.5 Å². The minimum absolute atomic E-state index is 0.283. The number of benzene rings is 2. The van der Waals surface area contributed by atoms with Crippen LogP contribution in [0.25, 0.3) is 0 Å². The van der Waals surface area contributed by atoms with E-state index in [0.29, 0.717) is 42.4 Å². The zero-order valence-electron chi connectivity index (χ0n) is 20.7. The van der Waals surface area contributed by atoms with Crippen molar-refractivity contribution in [1.29, 1.82) is 0 Å². The van der Waals surface area contributed by atoms with Gasteiger partial charge < -0.3 is 19.4 Å². The predicted molar refractivity (Wildman–Crippen MR) is 133 cm³/mol. The van der Waals surface area contributed by atoms with Gasteiger partial charge >= 0.3 is 6.03 Å². The van der Waals surface area contributed by atoms with E-state index in [1.807, 2.05) is 50.2 Å². The normalized spacial score (nSPS) is 19.2. The first kappa shape index (κ1) is 23.7. The molecule has 1 fully saturated rings. The third-order valence-corrected chi connectivity index (χ3v) is 6.96. The van der Waals surface area contributed by atoms with Gasteiger partial charge in [0.2, 0.25) is 0 Å². The molecule has 3 amide bonds. The summed E-state index contributed by atoms with van der Waals surface area (Å²) in [6.07, 6.45) is 0.763. The fraction of sp³-hybridized carbons (Fsp3) is 0.321. The van der Waals surface area contributed by atoms with Crippen LogP contribution in [0.3, 0.4) is 0 Å². The second kappa shape index (κ2) is 9.18. The lowest BCUT2D eigenvalue weighted by molar-refractivity contribution is -0.130. The van der Waals surface area contributed by atoms with Gasteiger partial charge in [-0.15, -0.1) is 0 Å². The minimum Gasteiger partial charge on any atom is -0.490 e. The Labute approximate surface area is 209 Å². The highest BCUT2D eigenvalue weighted by Crippen LogP contribution is 2.36. The van der Waals surface area contributed by atoms with E-state index in [0.717, 1.165) is 28.3 Å². The molecule has 3 heterocycles. The van der Waals surface area contributed by atoms with E-state index in [1.54, 1.807) is 25.1 Å². The van der Waals surface area contributed by atoms with E-state index in [9.17, 15) is 14.4 Å². The van der Waals surface area contributed by atoms with Crippen molar-refractivity contribution in [2.75, 3.05) is 19.8 Å². The molecule has 186 valence electrons. The molecule has 1 N–H and O–H groups in total. The number of ketones is 1. The molecule has 2 aliphatic rings. The van der Waals surface area contributed by atoms with Gasteiger partial charge in [0.15, 0.2) is 17.3 Å². The van der Waals surface area contributed by atoms with Gasteiger partial charge in [-0.2, -0.15) is 0 Å². The number of ether oxygens (including phenoxy) is 2. The molecule has 5 rings (SSSR count). The molecular weight excluding hydrogens is 458 g/mol. The lowest BCUT2D eigenvalue weighted by atomic mass is 9.91. The monoisotopic (exact) mass is 487 g/mol. The first-order valence-corrected chi connectivity index (χ1v) is 12.1. The van der Waals surface area contributed by atoms with Crippen molar-refractivity contribution in [2.24, 2.45) is 0 Å². The van der Waals surface area contributed by atoms with Crippen LogP contribution in [0.5, 0.6) is 11.5 Å². The molecule has 0 spiro atoms. The molecule has 8 heteroatoms. The zero-order chi connectivity index (χ0) is 25.4. The predicted octanol–water partition coefficient (Wildman–Crippen LogP) is 3.96.